The SMILES string of the molecule is COc1cc(S(=O)(=O)Cl)ccn1. The number of hydrogen-bond donors (Lipinski definition) is 0. The van der Waals surface area contributed by atoms with Crippen LogP contribution in [0.2, 0.25) is 0 Å². The molecular formula is C6H6ClNO3S. The van der Waals surface area contributed by atoms with Gasteiger partial charge in [0.2, 0.25) is 5.88 Å². The standard InChI is InChI=1S/C6H6ClNO3S/c1-11-6-4-5(2-3-8-6)12(7,9)10/h2-4H,1H3. The number of methoxy groups -OCH3 is 1. The number of nitrogens with zero attached hydrogens (tertiary/aromatic N) is 1. The van der Waals surface area contributed by atoms with E-state index in [0.717, 1.165) is 0 Å². The molecule has 0 aliphatic rings. The van der Waals surface area contributed by atoms with E-state index < -0.39 is 9.05 Å². The van der Waals surface area contributed by atoms with Crippen LogP contribution in [-0.2, 0) is 9.05 Å². The van der Waals surface area contributed by atoms with Crippen LogP contribution in [0.5, 0.6) is 5.88 Å². The van der Waals surface area contributed by atoms with Gasteiger partial charge in [-0.15, -0.1) is 0 Å². The Balaban J connectivity index is 3.20. The van der Waals surface area contributed by atoms with Gasteiger partial charge in [-0.25, -0.2) is 13.4 Å². The highest BCUT2D eigenvalue weighted by Gasteiger charge is 2.10. The maximum atomic E-state index is 10.8. The highest BCUT2D eigenvalue weighted by atomic mass is 35.7. The lowest BCUT2D eigenvalue weighted by Gasteiger charge is -1.98. The van der Waals surface area contributed by atoms with Gasteiger partial charge in [0.15, 0.2) is 0 Å². The highest BCUT2D eigenvalue weighted by Crippen LogP contribution is 2.17. The van der Waals surface area contributed by atoms with Gasteiger partial charge < -0.3 is 4.74 Å². The van der Waals surface area contributed by atoms with Crippen molar-refractivity contribution in [1.29, 1.82) is 0 Å². The smallest absolute Gasteiger partial charge is 0.261 e. The van der Waals surface area contributed by atoms with E-state index in [1.807, 2.05) is 0 Å². The largest absolute Gasteiger partial charge is 0.481 e. The highest BCUT2D eigenvalue weighted by molar-refractivity contribution is 8.13. The lowest BCUT2D eigenvalue weighted by Crippen LogP contribution is -1.93. The quantitative estimate of drug-likeness (QED) is 0.680. The third-order valence-corrected chi connectivity index (χ3v) is 2.55. The molecule has 4 nitrogen and oxygen atoms in total. The third kappa shape index (κ3) is 2.09. The van der Waals surface area contributed by atoms with E-state index in [4.69, 9.17) is 15.4 Å². The Morgan fingerprint density at radius 2 is 2.25 bits per heavy atom. The van der Waals surface area contributed by atoms with Gasteiger partial charge in [0.25, 0.3) is 9.05 Å². The molecule has 0 saturated carbocycles. The van der Waals surface area contributed by atoms with E-state index in [9.17, 15) is 8.42 Å². The van der Waals surface area contributed by atoms with Crippen molar-refractivity contribution in [2.75, 3.05) is 7.11 Å². The van der Waals surface area contributed by atoms with Gasteiger partial charge in [-0.1, -0.05) is 0 Å². The molecule has 0 saturated heterocycles. The normalized spacial score (nSPS) is 11.2. The van der Waals surface area contributed by atoms with Gasteiger partial charge in [-0.3, -0.25) is 0 Å². The van der Waals surface area contributed by atoms with Crippen molar-refractivity contribution >= 4 is 19.7 Å². The van der Waals surface area contributed by atoms with Crippen molar-refractivity contribution in [3.8, 4) is 5.88 Å². The molecule has 66 valence electrons. The zero-order chi connectivity index (χ0) is 9.19. The minimum absolute atomic E-state index is 0.0176. The Bertz CT molecular complexity index is 376. The van der Waals surface area contributed by atoms with Crippen molar-refractivity contribution < 1.29 is 13.2 Å². The second kappa shape index (κ2) is 3.28. The Morgan fingerprint density at radius 3 is 2.75 bits per heavy atom. The first-order valence-corrected chi connectivity index (χ1v) is 5.29. The summed E-state index contributed by atoms with van der Waals surface area (Å²) in [5.74, 6) is 0.219. The van der Waals surface area contributed by atoms with Gasteiger partial charge in [0.1, 0.15) is 0 Å². The minimum Gasteiger partial charge on any atom is -0.481 e. The van der Waals surface area contributed by atoms with Crippen LogP contribution >= 0.6 is 10.7 Å². The van der Waals surface area contributed by atoms with E-state index in [2.05, 4.69) is 4.98 Å². The molecular weight excluding hydrogens is 202 g/mol. The maximum Gasteiger partial charge on any atom is 0.261 e. The summed E-state index contributed by atoms with van der Waals surface area (Å²) in [6.45, 7) is 0. The second-order valence-corrected chi connectivity index (χ2v) is 4.54. The molecule has 6 heteroatoms. The number of rotatable bonds is 2. The van der Waals surface area contributed by atoms with E-state index >= 15 is 0 Å². The van der Waals surface area contributed by atoms with Crippen molar-refractivity contribution in [2.45, 2.75) is 4.90 Å². The summed E-state index contributed by atoms with van der Waals surface area (Å²) in [6, 6.07) is 2.55. The zero-order valence-corrected chi connectivity index (χ0v) is 7.76. The summed E-state index contributed by atoms with van der Waals surface area (Å²) >= 11 is 0. The van der Waals surface area contributed by atoms with E-state index in [-0.39, 0.29) is 10.8 Å². The molecule has 0 radical (unpaired) electrons. The summed E-state index contributed by atoms with van der Waals surface area (Å²) in [6.07, 6.45) is 1.31. The molecule has 1 rings (SSSR count). The van der Waals surface area contributed by atoms with Crippen molar-refractivity contribution in [1.82, 2.24) is 4.98 Å². The van der Waals surface area contributed by atoms with Crippen molar-refractivity contribution in [2.24, 2.45) is 0 Å². The summed E-state index contributed by atoms with van der Waals surface area (Å²) < 4.78 is 26.3. The van der Waals surface area contributed by atoms with Crippen LogP contribution < -0.4 is 4.74 Å². The Hall–Kier alpha value is -0.810. The number of pyridine rings is 1. The molecule has 0 bridgehead atoms. The first-order chi connectivity index (χ1) is 5.54. The van der Waals surface area contributed by atoms with Crippen LogP contribution in [-0.4, -0.2) is 20.5 Å². The molecule has 0 fully saturated rings. The van der Waals surface area contributed by atoms with E-state index in [0.29, 0.717) is 0 Å². The average molecular weight is 208 g/mol. The van der Waals surface area contributed by atoms with E-state index in [1.165, 1.54) is 25.4 Å². The maximum absolute atomic E-state index is 10.8. The number of halogens is 1. The monoisotopic (exact) mass is 207 g/mol. The van der Waals surface area contributed by atoms with Gasteiger partial charge in [-0.2, -0.15) is 0 Å². The molecule has 12 heavy (non-hydrogen) atoms. The lowest BCUT2D eigenvalue weighted by molar-refractivity contribution is 0.396. The van der Waals surface area contributed by atoms with Crippen molar-refractivity contribution in [3.63, 3.8) is 0 Å². The fraction of sp³-hybridized carbons (Fsp3) is 0.167. The van der Waals surface area contributed by atoms with Gasteiger partial charge in [0, 0.05) is 22.9 Å². The molecule has 0 aliphatic carbocycles. The van der Waals surface area contributed by atoms with Crippen LogP contribution in [0.25, 0.3) is 0 Å². The lowest BCUT2D eigenvalue weighted by atomic mass is 10.5. The first-order valence-electron chi connectivity index (χ1n) is 2.99. The number of aromatic nitrogens is 1. The van der Waals surface area contributed by atoms with Gasteiger partial charge in [-0.05, 0) is 6.07 Å². The number of hydrogen-bond acceptors (Lipinski definition) is 4. The molecule has 0 amide bonds. The molecule has 0 aliphatic heterocycles. The minimum atomic E-state index is -3.68. The summed E-state index contributed by atoms with van der Waals surface area (Å²) in [7, 11) is 2.79. The summed E-state index contributed by atoms with van der Waals surface area (Å²) in [5, 5.41) is 0. The van der Waals surface area contributed by atoms with E-state index in [1.54, 1.807) is 0 Å². The molecule has 0 N–H and O–H groups in total. The molecule has 0 spiro atoms. The molecule has 1 aromatic rings. The van der Waals surface area contributed by atoms with Crippen LogP contribution in [0, 0.1) is 0 Å². The molecule has 0 unspecified atom stereocenters. The second-order valence-electron chi connectivity index (χ2n) is 1.97. The predicted octanol–water partition coefficient (Wildman–Crippen LogP) is 1.02. The fourth-order valence-corrected chi connectivity index (χ4v) is 1.41. The van der Waals surface area contributed by atoms with Crippen molar-refractivity contribution in [3.05, 3.63) is 18.3 Å². The van der Waals surface area contributed by atoms with Gasteiger partial charge in [0.05, 0.1) is 12.0 Å². The topological polar surface area (TPSA) is 56.3 Å². The fourth-order valence-electron chi connectivity index (χ4n) is 0.655. The molecule has 1 heterocycles. The van der Waals surface area contributed by atoms with Crippen LogP contribution in [0.4, 0.5) is 0 Å². The summed E-state index contributed by atoms with van der Waals surface area (Å²) in [4.78, 5) is 3.71. The molecule has 0 aromatic carbocycles. The Labute approximate surface area is 74.6 Å². The van der Waals surface area contributed by atoms with Crippen LogP contribution in [0.1, 0.15) is 0 Å². The summed E-state index contributed by atoms with van der Waals surface area (Å²) in [5.41, 5.74) is 0. The predicted molar refractivity (Wildman–Crippen MR) is 43.8 cm³/mol. The van der Waals surface area contributed by atoms with Crippen LogP contribution in [0.15, 0.2) is 23.2 Å². The zero-order valence-electron chi connectivity index (χ0n) is 6.19. The van der Waals surface area contributed by atoms with Crippen LogP contribution in [0.3, 0.4) is 0 Å². The molecule has 1 aromatic heterocycles. The number of ether oxygens (including phenoxy) is 1. The Kier molecular flexibility index (Phi) is 2.54. The first kappa shape index (κ1) is 9.28. The third-order valence-electron chi connectivity index (χ3n) is 1.20. The average Bonchev–Trinajstić information content (AvgIpc) is 2.03. The molecule has 0 atom stereocenters. The Morgan fingerprint density at radius 1 is 1.58 bits per heavy atom. The van der Waals surface area contributed by atoms with Gasteiger partial charge >= 0.3 is 0 Å².